The molecule has 130 valence electrons. The van der Waals surface area contributed by atoms with Gasteiger partial charge in [0.15, 0.2) is 0 Å². The number of amides is 1. The summed E-state index contributed by atoms with van der Waals surface area (Å²) in [4.78, 5) is 13.4. The second-order valence-electron chi connectivity index (χ2n) is 6.31. The Labute approximate surface area is 133 Å². The Morgan fingerprint density at radius 1 is 1.32 bits per heavy atom. The Morgan fingerprint density at radius 3 is 2.41 bits per heavy atom. The lowest BCUT2D eigenvalue weighted by Crippen LogP contribution is -2.44. The monoisotopic (exact) mass is 336 g/mol. The van der Waals surface area contributed by atoms with Gasteiger partial charge in [-0.2, -0.15) is 0 Å². The van der Waals surface area contributed by atoms with Crippen molar-refractivity contribution in [3.8, 4) is 0 Å². The lowest BCUT2D eigenvalue weighted by atomic mass is 10.2. The number of hydrogen-bond donors (Lipinski definition) is 1. The second-order valence-corrected chi connectivity index (χ2v) is 8.36. The van der Waals surface area contributed by atoms with Gasteiger partial charge in [0.1, 0.15) is 5.60 Å². The van der Waals surface area contributed by atoms with Gasteiger partial charge in [0, 0.05) is 32.8 Å². The number of carbonyl (C=O) groups is 1. The average Bonchev–Trinajstić information content (AvgIpc) is 2.42. The van der Waals surface area contributed by atoms with Crippen LogP contribution in [0.25, 0.3) is 0 Å². The summed E-state index contributed by atoms with van der Waals surface area (Å²) in [7, 11) is -3.36. The van der Waals surface area contributed by atoms with Crippen molar-refractivity contribution in [1.29, 1.82) is 0 Å². The van der Waals surface area contributed by atoms with Crippen molar-refractivity contribution in [3.05, 3.63) is 0 Å². The molecule has 7 nitrogen and oxygen atoms in total. The van der Waals surface area contributed by atoms with Crippen LogP contribution in [0.5, 0.6) is 0 Å². The highest BCUT2D eigenvalue weighted by atomic mass is 32.2. The van der Waals surface area contributed by atoms with Crippen molar-refractivity contribution < 1.29 is 22.7 Å². The number of sulfonamides is 1. The normalized spacial score (nSPS) is 17.3. The molecule has 0 aromatic carbocycles. The molecule has 1 heterocycles. The van der Waals surface area contributed by atoms with Gasteiger partial charge in [-0.25, -0.2) is 17.9 Å². The zero-order valence-corrected chi connectivity index (χ0v) is 14.7. The average molecular weight is 336 g/mol. The van der Waals surface area contributed by atoms with Gasteiger partial charge in [-0.05, 0) is 40.5 Å². The fraction of sp³-hybridized carbons (Fsp3) is 0.929. The quantitative estimate of drug-likeness (QED) is 0.791. The Balaban J connectivity index is 2.44. The van der Waals surface area contributed by atoms with Crippen LogP contribution in [0.3, 0.4) is 0 Å². The smallest absolute Gasteiger partial charge is 0.410 e. The molecule has 0 bridgehead atoms. The number of nitrogens with one attached hydrogen (secondary N) is 1. The number of ether oxygens (including phenoxy) is 2. The molecule has 0 spiro atoms. The summed E-state index contributed by atoms with van der Waals surface area (Å²) in [6, 6.07) is 0. The third kappa shape index (κ3) is 6.50. The molecule has 0 aromatic rings. The molecule has 1 aliphatic heterocycles. The van der Waals surface area contributed by atoms with Gasteiger partial charge in [-0.1, -0.05) is 0 Å². The molecule has 0 aliphatic carbocycles. The van der Waals surface area contributed by atoms with Crippen LogP contribution in [-0.2, 0) is 19.5 Å². The number of likely N-dealkylation sites (N-methyl/N-ethyl adjacent to an activating group) is 1. The minimum Gasteiger partial charge on any atom is -0.444 e. The van der Waals surface area contributed by atoms with Crippen LogP contribution in [0.2, 0.25) is 0 Å². The molecule has 22 heavy (non-hydrogen) atoms. The first-order valence-electron chi connectivity index (χ1n) is 7.70. The SMILES string of the molecule is CCN(CCNS(=O)(=O)C1CCOCC1)C(=O)OC(C)(C)C. The molecule has 8 heteroatoms. The van der Waals surface area contributed by atoms with Crippen molar-refractivity contribution in [2.75, 3.05) is 32.8 Å². The highest BCUT2D eigenvalue weighted by Crippen LogP contribution is 2.14. The Hall–Kier alpha value is -0.860. The van der Waals surface area contributed by atoms with E-state index in [1.807, 2.05) is 6.92 Å². The number of nitrogens with zero attached hydrogens (tertiary/aromatic N) is 1. The first kappa shape index (κ1) is 19.2. The van der Waals surface area contributed by atoms with Crippen molar-refractivity contribution in [2.24, 2.45) is 0 Å². The number of rotatable bonds is 6. The minimum atomic E-state index is -3.36. The first-order chi connectivity index (χ1) is 10.2. The van der Waals surface area contributed by atoms with Crippen molar-refractivity contribution in [2.45, 2.75) is 51.4 Å². The summed E-state index contributed by atoms with van der Waals surface area (Å²) < 4.78 is 37.3. The van der Waals surface area contributed by atoms with E-state index in [-0.39, 0.29) is 13.1 Å². The van der Waals surface area contributed by atoms with Gasteiger partial charge < -0.3 is 14.4 Å². The molecular formula is C14H28N2O5S. The van der Waals surface area contributed by atoms with Crippen LogP contribution in [0.15, 0.2) is 0 Å². The highest BCUT2D eigenvalue weighted by molar-refractivity contribution is 7.90. The van der Waals surface area contributed by atoms with E-state index in [0.29, 0.717) is 32.6 Å². The molecule has 0 unspecified atom stereocenters. The molecule has 1 N–H and O–H groups in total. The van der Waals surface area contributed by atoms with Crippen LogP contribution < -0.4 is 4.72 Å². The van der Waals surface area contributed by atoms with E-state index < -0.39 is 27.0 Å². The lowest BCUT2D eigenvalue weighted by Gasteiger charge is -2.27. The molecular weight excluding hydrogens is 308 g/mol. The van der Waals surface area contributed by atoms with Crippen molar-refractivity contribution in [3.63, 3.8) is 0 Å². The zero-order chi connectivity index (χ0) is 16.8. The minimum absolute atomic E-state index is 0.187. The maximum absolute atomic E-state index is 12.2. The Bertz CT molecular complexity index is 452. The Kier molecular flexibility index (Phi) is 7.08. The second kappa shape index (κ2) is 8.12. The van der Waals surface area contributed by atoms with Gasteiger partial charge in [0.2, 0.25) is 10.0 Å². The summed E-state index contributed by atoms with van der Waals surface area (Å²) in [5.74, 6) is 0. The fourth-order valence-electron chi connectivity index (χ4n) is 2.13. The number of hydrogen-bond acceptors (Lipinski definition) is 5. The van der Waals surface area contributed by atoms with Gasteiger partial charge in [-0.3, -0.25) is 0 Å². The molecule has 0 saturated carbocycles. The molecule has 0 aromatic heterocycles. The highest BCUT2D eigenvalue weighted by Gasteiger charge is 2.27. The van der Waals surface area contributed by atoms with Gasteiger partial charge in [0.05, 0.1) is 5.25 Å². The summed E-state index contributed by atoms with van der Waals surface area (Å²) in [6.45, 7) is 9.12. The molecule has 0 atom stereocenters. The largest absolute Gasteiger partial charge is 0.444 e. The van der Waals surface area contributed by atoms with E-state index >= 15 is 0 Å². The molecule has 1 rings (SSSR count). The first-order valence-corrected chi connectivity index (χ1v) is 9.24. The molecule has 1 amide bonds. The van der Waals surface area contributed by atoms with Crippen LogP contribution in [0.1, 0.15) is 40.5 Å². The van der Waals surface area contributed by atoms with Crippen LogP contribution in [-0.4, -0.2) is 63.1 Å². The summed E-state index contributed by atoms with van der Waals surface area (Å²) >= 11 is 0. The van der Waals surface area contributed by atoms with E-state index in [9.17, 15) is 13.2 Å². The fourth-order valence-corrected chi connectivity index (χ4v) is 3.56. The van der Waals surface area contributed by atoms with Crippen LogP contribution in [0, 0.1) is 0 Å². The summed E-state index contributed by atoms with van der Waals surface area (Å²) in [5.41, 5.74) is -0.563. The third-order valence-electron chi connectivity index (χ3n) is 3.33. The molecule has 1 saturated heterocycles. The van der Waals surface area contributed by atoms with Gasteiger partial charge in [-0.15, -0.1) is 0 Å². The van der Waals surface area contributed by atoms with Gasteiger partial charge in [0.25, 0.3) is 0 Å². The van der Waals surface area contributed by atoms with Crippen LogP contribution in [0.4, 0.5) is 4.79 Å². The maximum atomic E-state index is 12.2. The topological polar surface area (TPSA) is 84.9 Å². The Morgan fingerprint density at radius 2 is 1.91 bits per heavy atom. The molecule has 0 radical (unpaired) electrons. The summed E-state index contributed by atoms with van der Waals surface area (Å²) in [5, 5.41) is -0.405. The molecule has 1 fully saturated rings. The predicted molar refractivity (Wildman–Crippen MR) is 84.2 cm³/mol. The predicted octanol–water partition coefficient (Wildman–Crippen LogP) is 1.34. The lowest BCUT2D eigenvalue weighted by molar-refractivity contribution is 0.0264. The van der Waals surface area contributed by atoms with E-state index in [2.05, 4.69) is 4.72 Å². The number of carbonyl (C=O) groups excluding carboxylic acids is 1. The standard InChI is InChI=1S/C14H28N2O5S/c1-5-16(13(17)21-14(2,3)4)9-8-15-22(18,19)12-6-10-20-11-7-12/h12,15H,5-11H2,1-4H3. The molecule has 1 aliphatic rings. The zero-order valence-electron chi connectivity index (χ0n) is 13.9. The van der Waals surface area contributed by atoms with Crippen molar-refractivity contribution in [1.82, 2.24) is 9.62 Å². The van der Waals surface area contributed by atoms with E-state index in [4.69, 9.17) is 9.47 Å². The van der Waals surface area contributed by atoms with E-state index in [1.165, 1.54) is 4.90 Å². The maximum Gasteiger partial charge on any atom is 0.410 e. The van der Waals surface area contributed by atoms with Crippen LogP contribution >= 0.6 is 0 Å². The van der Waals surface area contributed by atoms with Gasteiger partial charge >= 0.3 is 6.09 Å². The van der Waals surface area contributed by atoms with E-state index in [1.54, 1.807) is 20.8 Å². The third-order valence-corrected chi connectivity index (χ3v) is 5.28. The summed E-state index contributed by atoms with van der Waals surface area (Å²) in [6.07, 6.45) is 0.595. The van der Waals surface area contributed by atoms with E-state index in [0.717, 1.165) is 0 Å². The van der Waals surface area contributed by atoms with Crippen molar-refractivity contribution >= 4 is 16.1 Å².